The fraction of sp³-hybridized carbons (Fsp3) is 0.923. The average Bonchev–Trinajstić information content (AvgIpc) is 2.15. The Bertz CT molecular complexity index is 231. The van der Waals surface area contributed by atoms with E-state index in [4.69, 9.17) is 9.47 Å². The van der Waals surface area contributed by atoms with Gasteiger partial charge in [-0.15, -0.1) is 0 Å². The number of rotatable bonds is 7. The lowest BCUT2D eigenvalue weighted by Crippen LogP contribution is -2.27. The zero-order valence-corrected chi connectivity index (χ0v) is 12.8. The number of carbonyl (C=O) groups is 1. The second-order valence-corrected chi connectivity index (χ2v) is 6.79. The van der Waals surface area contributed by atoms with Gasteiger partial charge in [-0.1, -0.05) is 25.6 Å². The van der Waals surface area contributed by atoms with E-state index in [1.54, 1.807) is 7.11 Å². The minimum atomic E-state index is -0.330. The smallest absolute Gasteiger partial charge is 0.194 e. The standard InChI is InChI=1S/C13H26O3S/c1-12(2,3)16-8-7-13(4,5)11(14)17-10-9-15-6/h7-10H2,1-6H3. The first kappa shape index (κ1) is 16.9. The van der Waals surface area contributed by atoms with Crippen LogP contribution >= 0.6 is 11.8 Å². The van der Waals surface area contributed by atoms with Gasteiger partial charge in [-0.3, -0.25) is 4.79 Å². The molecule has 0 spiro atoms. The van der Waals surface area contributed by atoms with Crippen molar-refractivity contribution in [2.45, 2.75) is 46.6 Å². The molecule has 0 saturated heterocycles. The maximum atomic E-state index is 11.9. The lowest BCUT2D eigenvalue weighted by Gasteiger charge is -2.25. The van der Waals surface area contributed by atoms with Gasteiger partial charge in [0.05, 0.1) is 12.2 Å². The summed E-state index contributed by atoms with van der Waals surface area (Å²) >= 11 is 1.35. The molecule has 0 N–H and O–H groups in total. The summed E-state index contributed by atoms with van der Waals surface area (Å²) in [5.41, 5.74) is -0.466. The lowest BCUT2D eigenvalue weighted by molar-refractivity contribution is -0.120. The molecule has 0 aliphatic heterocycles. The number of hydrogen-bond donors (Lipinski definition) is 0. The normalized spacial score (nSPS) is 12.8. The summed E-state index contributed by atoms with van der Waals surface area (Å²) in [6.45, 7) is 11.2. The van der Waals surface area contributed by atoms with E-state index in [0.29, 0.717) is 13.2 Å². The topological polar surface area (TPSA) is 35.5 Å². The van der Waals surface area contributed by atoms with Crippen molar-refractivity contribution >= 4 is 16.9 Å². The molecule has 102 valence electrons. The molecule has 0 aromatic rings. The van der Waals surface area contributed by atoms with Gasteiger partial charge in [0.2, 0.25) is 0 Å². The average molecular weight is 262 g/mol. The molecular formula is C13H26O3S. The Labute approximate surface area is 110 Å². The molecule has 0 aromatic heterocycles. The zero-order valence-electron chi connectivity index (χ0n) is 12.0. The summed E-state index contributed by atoms with van der Waals surface area (Å²) in [4.78, 5) is 11.9. The lowest BCUT2D eigenvalue weighted by atomic mass is 9.91. The quantitative estimate of drug-likeness (QED) is 0.660. The Balaban J connectivity index is 3.96. The highest BCUT2D eigenvalue weighted by Gasteiger charge is 2.28. The van der Waals surface area contributed by atoms with Crippen LogP contribution in [-0.2, 0) is 14.3 Å². The zero-order chi connectivity index (χ0) is 13.5. The van der Waals surface area contributed by atoms with E-state index in [1.807, 2.05) is 34.6 Å². The van der Waals surface area contributed by atoms with Gasteiger partial charge in [0, 0.05) is 24.9 Å². The Morgan fingerprint density at radius 1 is 1.12 bits per heavy atom. The van der Waals surface area contributed by atoms with Gasteiger partial charge in [0.1, 0.15) is 0 Å². The summed E-state index contributed by atoms with van der Waals surface area (Å²) in [6, 6.07) is 0. The van der Waals surface area contributed by atoms with Crippen LogP contribution in [0.15, 0.2) is 0 Å². The molecule has 0 fully saturated rings. The largest absolute Gasteiger partial charge is 0.384 e. The number of carbonyl (C=O) groups excluding carboxylic acids is 1. The molecule has 0 atom stereocenters. The second-order valence-electron chi connectivity index (χ2n) is 5.72. The molecule has 0 aliphatic carbocycles. The summed E-state index contributed by atoms with van der Waals surface area (Å²) in [7, 11) is 1.65. The van der Waals surface area contributed by atoms with Crippen LogP contribution in [0.5, 0.6) is 0 Å². The Morgan fingerprint density at radius 2 is 1.71 bits per heavy atom. The van der Waals surface area contributed by atoms with Crippen LogP contribution in [0, 0.1) is 5.41 Å². The third kappa shape index (κ3) is 8.63. The molecule has 4 heteroatoms. The molecule has 0 rings (SSSR count). The molecule has 0 heterocycles. The van der Waals surface area contributed by atoms with Crippen molar-refractivity contribution in [2.24, 2.45) is 5.41 Å². The minimum Gasteiger partial charge on any atom is -0.384 e. The highest BCUT2D eigenvalue weighted by molar-refractivity contribution is 8.13. The van der Waals surface area contributed by atoms with Crippen LogP contribution < -0.4 is 0 Å². The van der Waals surface area contributed by atoms with Crippen LogP contribution in [0.4, 0.5) is 0 Å². The number of thioether (sulfide) groups is 1. The molecule has 0 bridgehead atoms. The number of hydrogen-bond acceptors (Lipinski definition) is 4. The number of ether oxygens (including phenoxy) is 2. The van der Waals surface area contributed by atoms with E-state index in [2.05, 4.69) is 0 Å². The van der Waals surface area contributed by atoms with E-state index >= 15 is 0 Å². The summed E-state index contributed by atoms with van der Waals surface area (Å²) in [5, 5.41) is 0.215. The molecule has 0 saturated carbocycles. The predicted octanol–water partition coefficient (Wildman–Crippen LogP) is 3.12. The highest BCUT2D eigenvalue weighted by atomic mass is 32.2. The van der Waals surface area contributed by atoms with Gasteiger partial charge in [0.15, 0.2) is 5.12 Å². The first-order chi connectivity index (χ1) is 7.69. The van der Waals surface area contributed by atoms with Gasteiger partial charge in [-0.2, -0.15) is 0 Å². The van der Waals surface area contributed by atoms with E-state index in [0.717, 1.165) is 12.2 Å². The van der Waals surface area contributed by atoms with E-state index in [1.165, 1.54) is 11.8 Å². The van der Waals surface area contributed by atoms with Gasteiger partial charge in [0.25, 0.3) is 0 Å². The highest BCUT2D eigenvalue weighted by Crippen LogP contribution is 2.28. The molecule has 0 aromatic carbocycles. The van der Waals surface area contributed by atoms with Crippen LogP contribution in [0.2, 0.25) is 0 Å². The summed E-state index contributed by atoms with van der Waals surface area (Å²) < 4.78 is 10.6. The Hall–Kier alpha value is -0.0600. The van der Waals surface area contributed by atoms with Crippen LogP contribution in [0.25, 0.3) is 0 Å². The fourth-order valence-electron chi connectivity index (χ4n) is 1.13. The SMILES string of the molecule is COCCSC(=O)C(C)(C)CCOC(C)(C)C. The van der Waals surface area contributed by atoms with E-state index < -0.39 is 0 Å². The van der Waals surface area contributed by atoms with Crippen molar-refractivity contribution in [2.75, 3.05) is 26.1 Å². The molecule has 17 heavy (non-hydrogen) atoms. The summed E-state index contributed by atoms with van der Waals surface area (Å²) in [6.07, 6.45) is 0.753. The van der Waals surface area contributed by atoms with Gasteiger partial charge in [-0.25, -0.2) is 0 Å². The minimum absolute atomic E-state index is 0.137. The third-order valence-corrected chi connectivity index (χ3v) is 3.52. The van der Waals surface area contributed by atoms with Crippen LogP contribution in [0.3, 0.4) is 0 Å². The third-order valence-electron chi connectivity index (χ3n) is 2.34. The maximum absolute atomic E-state index is 11.9. The molecule has 0 aliphatic rings. The fourth-order valence-corrected chi connectivity index (χ4v) is 2.06. The van der Waals surface area contributed by atoms with Crippen molar-refractivity contribution < 1.29 is 14.3 Å². The van der Waals surface area contributed by atoms with Crippen molar-refractivity contribution in [1.29, 1.82) is 0 Å². The van der Waals surface area contributed by atoms with Crippen molar-refractivity contribution in [3.8, 4) is 0 Å². The number of methoxy groups -OCH3 is 1. The summed E-state index contributed by atoms with van der Waals surface area (Å²) in [5.74, 6) is 0.721. The predicted molar refractivity (Wildman–Crippen MR) is 73.4 cm³/mol. The van der Waals surface area contributed by atoms with Gasteiger partial charge >= 0.3 is 0 Å². The van der Waals surface area contributed by atoms with Gasteiger partial charge < -0.3 is 9.47 Å². The molecular weight excluding hydrogens is 236 g/mol. The van der Waals surface area contributed by atoms with Gasteiger partial charge in [-0.05, 0) is 27.2 Å². The maximum Gasteiger partial charge on any atom is 0.194 e. The molecule has 0 unspecified atom stereocenters. The second kappa shape index (κ2) is 7.39. The Kier molecular flexibility index (Phi) is 7.37. The molecule has 0 amide bonds. The first-order valence-electron chi connectivity index (χ1n) is 5.99. The van der Waals surface area contributed by atoms with Crippen molar-refractivity contribution in [3.63, 3.8) is 0 Å². The Morgan fingerprint density at radius 3 is 2.18 bits per heavy atom. The van der Waals surface area contributed by atoms with E-state index in [9.17, 15) is 4.79 Å². The van der Waals surface area contributed by atoms with E-state index in [-0.39, 0.29) is 16.1 Å². The molecule has 3 nitrogen and oxygen atoms in total. The van der Waals surface area contributed by atoms with Crippen LogP contribution in [0.1, 0.15) is 41.0 Å². The van der Waals surface area contributed by atoms with Crippen molar-refractivity contribution in [3.05, 3.63) is 0 Å². The monoisotopic (exact) mass is 262 g/mol. The van der Waals surface area contributed by atoms with Crippen molar-refractivity contribution in [1.82, 2.24) is 0 Å². The molecule has 0 radical (unpaired) electrons. The van der Waals surface area contributed by atoms with Crippen LogP contribution in [-0.4, -0.2) is 36.8 Å². The first-order valence-corrected chi connectivity index (χ1v) is 6.98.